The van der Waals surface area contributed by atoms with E-state index < -0.39 is 17.9 Å². The molecule has 0 saturated heterocycles. The van der Waals surface area contributed by atoms with E-state index in [0.717, 1.165) is 6.08 Å². The number of benzene rings is 3. The van der Waals surface area contributed by atoms with Gasteiger partial charge < -0.3 is 23.7 Å². The third-order valence-electron chi connectivity index (χ3n) is 5.80. The Hall–Kier alpha value is -4.59. The van der Waals surface area contributed by atoms with Crippen molar-refractivity contribution in [3.63, 3.8) is 0 Å². The molecule has 3 aromatic carbocycles. The van der Waals surface area contributed by atoms with Crippen molar-refractivity contribution in [1.29, 1.82) is 0 Å². The van der Waals surface area contributed by atoms with Gasteiger partial charge in [-0.05, 0) is 105 Å². The van der Waals surface area contributed by atoms with Crippen LogP contribution in [0.1, 0.15) is 51.6 Å². The van der Waals surface area contributed by atoms with Gasteiger partial charge in [0.2, 0.25) is 0 Å². The fraction of sp³-hybridized carbons (Fsp3) is 0.258. The Morgan fingerprint density at radius 3 is 1.62 bits per heavy atom. The third kappa shape index (κ3) is 8.46. The van der Waals surface area contributed by atoms with Gasteiger partial charge in [-0.3, -0.25) is 0 Å². The predicted molar refractivity (Wildman–Crippen MR) is 146 cm³/mol. The van der Waals surface area contributed by atoms with Gasteiger partial charge in [0.25, 0.3) is 0 Å². The molecule has 0 saturated carbocycles. The van der Waals surface area contributed by atoms with Gasteiger partial charge in [0.15, 0.2) is 0 Å². The molecule has 3 rings (SSSR count). The van der Waals surface area contributed by atoms with Gasteiger partial charge in [-0.15, -0.1) is 0 Å². The molecule has 8 nitrogen and oxygen atoms in total. The monoisotopic (exact) mass is 532 g/mol. The first-order chi connectivity index (χ1) is 18.8. The zero-order valence-electron chi connectivity index (χ0n) is 22.4. The van der Waals surface area contributed by atoms with E-state index in [-0.39, 0.29) is 0 Å². The Morgan fingerprint density at radius 1 is 0.692 bits per heavy atom. The second kappa shape index (κ2) is 14.4. The van der Waals surface area contributed by atoms with E-state index in [4.69, 9.17) is 23.7 Å². The lowest BCUT2D eigenvalue weighted by Gasteiger charge is -2.14. The summed E-state index contributed by atoms with van der Waals surface area (Å²) in [5, 5.41) is 0. The number of carbonyl (C=O) groups is 3. The standard InChI is InChI=1S/C31H32O8/c1-5-29(32)37-20-8-7-19-36-26-15-11-24(12-16-26)31(34)39-28-18-17-27(21(3)22(28)4)38-30(33)23-9-13-25(14-10-23)35-6-2/h5,9-18H,1,6-8,19-20H2,2-4H3. The lowest BCUT2D eigenvalue weighted by Crippen LogP contribution is -2.12. The highest BCUT2D eigenvalue weighted by Crippen LogP contribution is 2.30. The van der Waals surface area contributed by atoms with Crippen LogP contribution in [0.3, 0.4) is 0 Å². The first kappa shape index (κ1) is 29.0. The van der Waals surface area contributed by atoms with Gasteiger partial charge in [0.05, 0.1) is 30.9 Å². The number of hydrogen-bond acceptors (Lipinski definition) is 8. The van der Waals surface area contributed by atoms with Crippen LogP contribution in [-0.2, 0) is 9.53 Å². The van der Waals surface area contributed by atoms with Crippen molar-refractivity contribution in [2.75, 3.05) is 19.8 Å². The van der Waals surface area contributed by atoms with E-state index in [1.807, 2.05) is 6.92 Å². The summed E-state index contributed by atoms with van der Waals surface area (Å²) in [6.07, 6.45) is 2.50. The molecule has 0 aliphatic rings. The maximum Gasteiger partial charge on any atom is 0.343 e. The second-order valence-corrected chi connectivity index (χ2v) is 8.50. The summed E-state index contributed by atoms with van der Waals surface area (Å²) in [6.45, 7) is 10.1. The van der Waals surface area contributed by atoms with Gasteiger partial charge in [-0.25, -0.2) is 14.4 Å². The zero-order chi connectivity index (χ0) is 28.2. The van der Waals surface area contributed by atoms with Crippen LogP contribution in [0.2, 0.25) is 0 Å². The van der Waals surface area contributed by atoms with Gasteiger partial charge >= 0.3 is 17.9 Å². The Labute approximate surface area is 228 Å². The zero-order valence-corrected chi connectivity index (χ0v) is 22.4. The summed E-state index contributed by atoms with van der Waals surface area (Å²) in [6, 6.07) is 16.6. The third-order valence-corrected chi connectivity index (χ3v) is 5.80. The first-order valence-electron chi connectivity index (χ1n) is 12.6. The van der Waals surface area contributed by atoms with E-state index in [9.17, 15) is 14.4 Å². The van der Waals surface area contributed by atoms with E-state index in [1.54, 1.807) is 74.5 Å². The van der Waals surface area contributed by atoms with Crippen molar-refractivity contribution < 1.29 is 38.1 Å². The predicted octanol–water partition coefficient (Wildman–Crippen LogP) is 6.03. The largest absolute Gasteiger partial charge is 0.494 e. The number of rotatable bonds is 13. The van der Waals surface area contributed by atoms with E-state index >= 15 is 0 Å². The molecule has 0 spiro atoms. The number of carbonyl (C=O) groups excluding carboxylic acids is 3. The molecule has 204 valence electrons. The van der Waals surface area contributed by atoms with E-state index in [1.165, 1.54) is 0 Å². The molecule has 0 fully saturated rings. The van der Waals surface area contributed by atoms with Gasteiger partial charge in [-0.2, -0.15) is 0 Å². The highest BCUT2D eigenvalue weighted by molar-refractivity contribution is 5.92. The number of esters is 3. The van der Waals surface area contributed by atoms with Crippen LogP contribution in [0, 0.1) is 13.8 Å². The minimum absolute atomic E-state index is 0.310. The maximum atomic E-state index is 12.7. The molecule has 0 aliphatic heterocycles. The molecule has 0 N–H and O–H groups in total. The maximum absolute atomic E-state index is 12.7. The highest BCUT2D eigenvalue weighted by Gasteiger charge is 2.16. The molecule has 0 aliphatic carbocycles. The van der Waals surface area contributed by atoms with Gasteiger partial charge in [0.1, 0.15) is 23.0 Å². The van der Waals surface area contributed by atoms with Gasteiger partial charge in [-0.1, -0.05) is 6.58 Å². The molecule has 8 heteroatoms. The molecular formula is C31H32O8. The molecule has 0 atom stereocenters. The smallest absolute Gasteiger partial charge is 0.343 e. The summed E-state index contributed by atoms with van der Waals surface area (Å²) in [5.74, 6) is 0.581. The number of ether oxygens (including phenoxy) is 5. The van der Waals surface area contributed by atoms with Crippen LogP contribution in [-0.4, -0.2) is 37.7 Å². The van der Waals surface area contributed by atoms with Crippen molar-refractivity contribution >= 4 is 17.9 Å². The Balaban J connectivity index is 1.53. The van der Waals surface area contributed by atoms with Crippen LogP contribution >= 0.6 is 0 Å². The van der Waals surface area contributed by atoms with Crippen molar-refractivity contribution in [2.45, 2.75) is 33.6 Å². The fourth-order valence-corrected chi connectivity index (χ4v) is 3.48. The van der Waals surface area contributed by atoms with Crippen LogP contribution in [0.15, 0.2) is 73.3 Å². The molecular weight excluding hydrogens is 500 g/mol. The van der Waals surface area contributed by atoms with Crippen molar-refractivity contribution in [2.24, 2.45) is 0 Å². The normalized spacial score (nSPS) is 10.3. The fourth-order valence-electron chi connectivity index (χ4n) is 3.48. The quantitative estimate of drug-likeness (QED) is 0.114. The minimum Gasteiger partial charge on any atom is -0.494 e. The molecule has 0 amide bonds. The molecule has 39 heavy (non-hydrogen) atoms. The van der Waals surface area contributed by atoms with Gasteiger partial charge in [0, 0.05) is 6.08 Å². The summed E-state index contributed by atoms with van der Waals surface area (Å²) < 4.78 is 27.2. The lowest BCUT2D eigenvalue weighted by atomic mass is 10.1. The van der Waals surface area contributed by atoms with Crippen molar-refractivity contribution in [3.8, 4) is 23.0 Å². The van der Waals surface area contributed by atoms with Crippen LogP contribution in [0.25, 0.3) is 0 Å². The van der Waals surface area contributed by atoms with Crippen LogP contribution < -0.4 is 18.9 Å². The summed E-state index contributed by atoms with van der Waals surface area (Å²) >= 11 is 0. The summed E-state index contributed by atoms with van der Waals surface area (Å²) in [4.78, 5) is 36.3. The number of hydrogen-bond donors (Lipinski definition) is 0. The molecule has 0 heterocycles. The average molecular weight is 533 g/mol. The SMILES string of the molecule is C=CC(=O)OCCCCOc1ccc(C(=O)Oc2ccc(OC(=O)c3ccc(OCC)cc3)c(C)c2C)cc1. The van der Waals surface area contributed by atoms with E-state index in [2.05, 4.69) is 6.58 Å². The Morgan fingerprint density at radius 2 is 1.15 bits per heavy atom. The van der Waals surface area contributed by atoms with Crippen LogP contribution in [0.5, 0.6) is 23.0 Å². The topological polar surface area (TPSA) is 97.4 Å². The Kier molecular flexibility index (Phi) is 10.7. The lowest BCUT2D eigenvalue weighted by molar-refractivity contribution is -0.137. The minimum atomic E-state index is -0.521. The van der Waals surface area contributed by atoms with Crippen molar-refractivity contribution in [3.05, 3.63) is 95.6 Å². The number of unbranched alkanes of at least 4 members (excludes halogenated alkanes) is 1. The molecule has 0 unspecified atom stereocenters. The van der Waals surface area contributed by atoms with Crippen LogP contribution in [0.4, 0.5) is 0 Å². The summed E-state index contributed by atoms with van der Waals surface area (Å²) in [5.41, 5.74) is 2.12. The first-order valence-corrected chi connectivity index (χ1v) is 12.6. The second-order valence-electron chi connectivity index (χ2n) is 8.50. The average Bonchev–Trinajstić information content (AvgIpc) is 2.95. The molecule has 0 aromatic heterocycles. The molecule has 0 radical (unpaired) electrons. The highest BCUT2D eigenvalue weighted by atomic mass is 16.5. The van der Waals surface area contributed by atoms with E-state index in [0.29, 0.717) is 77.9 Å². The Bertz CT molecular complexity index is 1290. The molecule has 3 aromatic rings. The summed E-state index contributed by atoms with van der Waals surface area (Å²) in [7, 11) is 0. The van der Waals surface area contributed by atoms with Crippen molar-refractivity contribution in [1.82, 2.24) is 0 Å². The molecule has 0 bridgehead atoms.